The predicted octanol–water partition coefficient (Wildman–Crippen LogP) is -2.34. The van der Waals surface area contributed by atoms with Gasteiger partial charge in [-0.1, -0.05) is 19.6 Å². The average Bonchev–Trinajstić information content (AvgIpc) is 2.22. The summed E-state index contributed by atoms with van der Waals surface area (Å²) in [6.45, 7) is 4.65. The van der Waals surface area contributed by atoms with Crippen LogP contribution in [-0.2, 0) is 0 Å². The van der Waals surface area contributed by atoms with Gasteiger partial charge in [0.2, 0.25) is 0 Å². The zero-order valence-electron chi connectivity index (χ0n) is 9.78. The van der Waals surface area contributed by atoms with Crippen LogP contribution < -0.4 is 0 Å². The Morgan fingerprint density at radius 1 is 0.812 bits per heavy atom. The van der Waals surface area contributed by atoms with Gasteiger partial charge in [0.05, 0.1) is 20.4 Å². The Morgan fingerprint density at radius 3 is 1.56 bits per heavy atom. The smallest absolute Gasteiger partial charge is 0.111 e. The normalized spacial score (nSPS) is 22.3. The van der Waals surface area contributed by atoms with E-state index in [1.165, 1.54) is 0 Å². The summed E-state index contributed by atoms with van der Waals surface area (Å²) in [4.78, 5) is 0. The maximum absolute atomic E-state index is 9.72. The van der Waals surface area contributed by atoms with Crippen LogP contribution >= 0.6 is 0 Å². The zero-order chi connectivity index (χ0) is 13.1. The number of rotatable bonds is 6. The summed E-state index contributed by atoms with van der Waals surface area (Å²) in [6, 6.07) is 0. The second-order valence-corrected chi connectivity index (χ2v) is 10.4. The fourth-order valence-electron chi connectivity index (χ4n) is 1.24. The molecule has 7 heteroatoms. The molecule has 0 radical (unpaired) electrons. The highest BCUT2D eigenvalue weighted by atomic mass is 28.3. The van der Waals surface area contributed by atoms with Crippen LogP contribution in [0.15, 0.2) is 0 Å². The molecule has 0 saturated heterocycles. The highest BCUT2D eigenvalue weighted by molar-refractivity contribution is 6.77. The average molecular weight is 254 g/mol. The molecule has 0 aromatic heterocycles. The lowest BCUT2D eigenvalue weighted by molar-refractivity contribution is -0.130. The van der Waals surface area contributed by atoms with Gasteiger partial charge in [-0.25, -0.2) is 0 Å². The van der Waals surface area contributed by atoms with Crippen LogP contribution in [-0.4, -0.2) is 75.5 Å². The number of hydrogen-bond donors (Lipinski definition) is 6. The number of aliphatic hydroxyl groups is 6. The molecule has 0 bridgehead atoms. The Hall–Kier alpha value is -0.0231. The van der Waals surface area contributed by atoms with Gasteiger partial charge in [-0.2, -0.15) is 0 Å². The molecule has 0 aromatic carbocycles. The van der Waals surface area contributed by atoms with E-state index in [4.69, 9.17) is 10.2 Å². The van der Waals surface area contributed by atoms with Crippen molar-refractivity contribution in [3.05, 3.63) is 0 Å². The quantitative estimate of drug-likeness (QED) is 0.295. The van der Waals surface area contributed by atoms with Gasteiger partial charge in [0.15, 0.2) is 0 Å². The predicted molar refractivity (Wildman–Crippen MR) is 60.5 cm³/mol. The van der Waals surface area contributed by atoms with Gasteiger partial charge in [-0.05, 0) is 0 Å². The molecule has 0 saturated carbocycles. The summed E-state index contributed by atoms with van der Waals surface area (Å²) in [5, 5.41) is 55.9. The minimum atomic E-state index is -2.09. The van der Waals surface area contributed by atoms with Crippen LogP contribution in [0.3, 0.4) is 0 Å². The molecule has 0 aromatic rings. The highest BCUT2D eigenvalue weighted by Crippen LogP contribution is 2.16. The van der Waals surface area contributed by atoms with Crippen molar-refractivity contribution in [2.24, 2.45) is 0 Å². The van der Waals surface area contributed by atoms with Gasteiger partial charge in [0, 0.05) is 0 Å². The first-order chi connectivity index (χ1) is 7.12. The van der Waals surface area contributed by atoms with E-state index in [1.54, 1.807) is 19.6 Å². The Bertz CT molecular complexity index is 207. The molecule has 5 atom stereocenters. The largest absolute Gasteiger partial charge is 0.394 e. The molecule has 6 N–H and O–H groups in total. The van der Waals surface area contributed by atoms with Crippen molar-refractivity contribution in [2.75, 3.05) is 6.61 Å². The van der Waals surface area contributed by atoms with Crippen molar-refractivity contribution in [1.82, 2.24) is 0 Å². The minimum absolute atomic E-state index is 0.728. The van der Waals surface area contributed by atoms with E-state index in [-0.39, 0.29) is 0 Å². The molecule has 0 fully saturated rings. The third-order valence-corrected chi connectivity index (χ3v) is 4.61. The first-order valence-corrected chi connectivity index (χ1v) is 8.71. The lowest BCUT2D eigenvalue weighted by Crippen LogP contribution is -2.56. The summed E-state index contributed by atoms with van der Waals surface area (Å²) >= 11 is 0. The molecule has 0 heterocycles. The molecule has 5 unspecified atom stereocenters. The van der Waals surface area contributed by atoms with Crippen molar-refractivity contribution >= 4 is 8.07 Å². The van der Waals surface area contributed by atoms with Crippen LogP contribution in [0.1, 0.15) is 0 Å². The van der Waals surface area contributed by atoms with E-state index >= 15 is 0 Å². The number of aliphatic hydroxyl groups excluding tert-OH is 6. The van der Waals surface area contributed by atoms with Gasteiger partial charge in [-0.15, -0.1) is 0 Å². The van der Waals surface area contributed by atoms with Gasteiger partial charge < -0.3 is 30.6 Å². The molecule has 98 valence electrons. The van der Waals surface area contributed by atoms with Crippen molar-refractivity contribution in [1.29, 1.82) is 0 Å². The maximum atomic E-state index is 9.72. The van der Waals surface area contributed by atoms with Crippen LogP contribution in [0.4, 0.5) is 0 Å². The summed E-state index contributed by atoms with van der Waals surface area (Å²) in [5.41, 5.74) is -1.12. The molecular weight excluding hydrogens is 232 g/mol. The molecule has 16 heavy (non-hydrogen) atoms. The first-order valence-electron chi connectivity index (χ1n) is 5.14. The zero-order valence-corrected chi connectivity index (χ0v) is 10.8. The topological polar surface area (TPSA) is 121 Å². The van der Waals surface area contributed by atoms with Crippen molar-refractivity contribution in [3.63, 3.8) is 0 Å². The fraction of sp³-hybridized carbons (Fsp3) is 1.00. The fourth-order valence-corrected chi connectivity index (χ4v) is 2.46. The number of hydrogen-bond acceptors (Lipinski definition) is 6. The van der Waals surface area contributed by atoms with E-state index in [0.717, 1.165) is 0 Å². The highest BCUT2D eigenvalue weighted by Gasteiger charge is 2.39. The molecule has 0 amide bonds. The molecule has 0 rings (SSSR count). The van der Waals surface area contributed by atoms with E-state index in [2.05, 4.69) is 0 Å². The summed E-state index contributed by atoms with van der Waals surface area (Å²) in [5.74, 6) is 0. The van der Waals surface area contributed by atoms with E-state index in [9.17, 15) is 20.4 Å². The monoisotopic (exact) mass is 254 g/mol. The van der Waals surface area contributed by atoms with Gasteiger partial charge >= 0.3 is 0 Å². The summed E-state index contributed by atoms with van der Waals surface area (Å²) < 4.78 is 0. The van der Waals surface area contributed by atoms with Crippen molar-refractivity contribution < 1.29 is 30.6 Å². The van der Waals surface area contributed by atoms with Crippen LogP contribution in [0.2, 0.25) is 19.6 Å². The van der Waals surface area contributed by atoms with Gasteiger partial charge in [-0.3, -0.25) is 0 Å². The van der Waals surface area contributed by atoms with E-state index in [1.807, 2.05) is 0 Å². The SMILES string of the molecule is C[Si](C)(C)C(O)C(O)C(O)C(O)C(O)CO. The molecule has 0 spiro atoms. The Kier molecular flexibility index (Phi) is 6.05. The van der Waals surface area contributed by atoms with Crippen LogP contribution in [0.5, 0.6) is 0 Å². The summed E-state index contributed by atoms with van der Waals surface area (Å²) in [7, 11) is -2.09. The molecule has 0 aliphatic rings. The third kappa shape index (κ3) is 4.09. The van der Waals surface area contributed by atoms with E-state index < -0.39 is 44.8 Å². The minimum Gasteiger partial charge on any atom is -0.394 e. The maximum Gasteiger partial charge on any atom is 0.111 e. The second-order valence-electron chi connectivity index (χ2n) is 5.03. The van der Waals surface area contributed by atoms with Gasteiger partial charge in [0.1, 0.15) is 24.4 Å². The van der Waals surface area contributed by atoms with Crippen LogP contribution in [0, 0.1) is 0 Å². The van der Waals surface area contributed by atoms with Crippen LogP contribution in [0.25, 0.3) is 0 Å². The Labute approximate surface area is 95.8 Å². The van der Waals surface area contributed by atoms with Crippen molar-refractivity contribution in [2.45, 2.75) is 49.8 Å². The lowest BCUT2D eigenvalue weighted by atomic mass is 10.0. The lowest BCUT2D eigenvalue weighted by Gasteiger charge is -2.33. The molecule has 6 nitrogen and oxygen atoms in total. The third-order valence-electron chi connectivity index (χ3n) is 2.49. The molecule has 0 aliphatic heterocycles. The van der Waals surface area contributed by atoms with Gasteiger partial charge in [0.25, 0.3) is 0 Å². The summed E-state index contributed by atoms with van der Waals surface area (Å²) in [6.07, 6.45) is -6.46. The molecule has 0 aliphatic carbocycles. The molecular formula is C9H22O6Si. The first kappa shape index (κ1) is 16.0. The Morgan fingerprint density at radius 2 is 1.25 bits per heavy atom. The van der Waals surface area contributed by atoms with Crippen molar-refractivity contribution in [3.8, 4) is 0 Å². The standard InChI is InChI=1S/C9H22O6Si/c1-16(2,3)9(15)8(14)7(13)6(12)5(11)4-10/h5-15H,4H2,1-3H3. The second kappa shape index (κ2) is 6.06. The van der Waals surface area contributed by atoms with E-state index in [0.29, 0.717) is 0 Å². The Balaban J connectivity index is 4.55.